The molecule has 1 aromatic heterocycles. The minimum Gasteiger partial charge on any atom is -0.494 e. The van der Waals surface area contributed by atoms with E-state index in [9.17, 15) is 9.18 Å². The maximum Gasteiger partial charge on any atom is 0.226 e. The lowest BCUT2D eigenvalue weighted by Gasteiger charge is -2.48. The standard InChI is InChI=1S/C22H23FN4O2/c1-29-20-9-5-4-8-19(20)27-13-16(11-25-27)12-26-14-22(15-26,21(24)28)10-17-6-2-3-7-18(17)23/h2-9,11,13H,10,12,14-15H2,1H3,(H2,24,28). The normalized spacial score (nSPS) is 15.7. The van der Waals surface area contributed by atoms with Crippen LogP contribution in [0.4, 0.5) is 4.39 Å². The molecule has 3 aromatic rings. The maximum atomic E-state index is 14.0. The van der Waals surface area contributed by atoms with Gasteiger partial charge in [0, 0.05) is 31.4 Å². The first-order chi connectivity index (χ1) is 14.0. The van der Waals surface area contributed by atoms with Crippen molar-refractivity contribution in [3.63, 3.8) is 0 Å². The molecule has 29 heavy (non-hydrogen) atoms. The van der Waals surface area contributed by atoms with Gasteiger partial charge in [-0.25, -0.2) is 9.07 Å². The lowest BCUT2D eigenvalue weighted by Crippen LogP contribution is -2.63. The number of rotatable bonds is 7. The number of carbonyl (C=O) groups excluding carboxylic acids is 1. The van der Waals surface area contributed by atoms with Gasteiger partial charge >= 0.3 is 0 Å². The third-order valence-electron chi connectivity index (χ3n) is 5.44. The van der Waals surface area contributed by atoms with Gasteiger partial charge in [-0.15, -0.1) is 0 Å². The molecule has 2 heterocycles. The summed E-state index contributed by atoms with van der Waals surface area (Å²) in [5.41, 5.74) is 7.34. The molecule has 1 amide bonds. The molecule has 2 N–H and O–H groups in total. The van der Waals surface area contributed by atoms with Crippen LogP contribution in [0.15, 0.2) is 60.9 Å². The Morgan fingerprint density at radius 3 is 2.66 bits per heavy atom. The highest BCUT2D eigenvalue weighted by Crippen LogP contribution is 2.35. The van der Waals surface area contributed by atoms with Gasteiger partial charge in [0.25, 0.3) is 0 Å². The average molecular weight is 394 g/mol. The van der Waals surface area contributed by atoms with Gasteiger partial charge in [-0.05, 0) is 30.2 Å². The minimum atomic E-state index is -0.735. The van der Waals surface area contributed by atoms with Crippen molar-refractivity contribution in [2.75, 3.05) is 20.2 Å². The number of hydrogen-bond donors (Lipinski definition) is 1. The van der Waals surface area contributed by atoms with Gasteiger partial charge in [-0.1, -0.05) is 30.3 Å². The molecule has 6 nitrogen and oxygen atoms in total. The predicted octanol–water partition coefficient (Wildman–Crippen LogP) is 2.55. The molecule has 0 bridgehead atoms. The third-order valence-corrected chi connectivity index (χ3v) is 5.44. The monoisotopic (exact) mass is 394 g/mol. The van der Waals surface area contributed by atoms with E-state index in [2.05, 4.69) is 10.00 Å². The van der Waals surface area contributed by atoms with Gasteiger partial charge in [0.05, 0.1) is 18.7 Å². The number of ether oxygens (including phenoxy) is 1. The Labute approximate surface area is 168 Å². The van der Waals surface area contributed by atoms with E-state index in [4.69, 9.17) is 10.5 Å². The van der Waals surface area contributed by atoms with Gasteiger partial charge in [-0.2, -0.15) is 5.10 Å². The Morgan fingerprint density at radius 2 is 1.93 bits per heavy atom. The molecule has 0 spiro atoms. The fourth-order valence-corrected chi connectivity index (χ4v) is 3.93. The van der Waals surface area contributed by atoms with E-state index in [0.717, 1.165) is 17.0 Å². The van der Waals surface area contributed by atoms with E-state index in [1.54, 1.807) is 36.2 Å². The molecular weight excluding hydrogens is 371 g/mol. The number of hydrogen-bond acceptors (Lipinski definition) is 4. The van der Waals surface area contributed by atoms with Crippen LogP contribution in [0.3, 0.4) is 0 Å². The first kappa shape index (κ1) is 19.1. The Balaban J connectivity index is 1.44. The number of amides is 1. The summed E-state index contributed by atoms with van der Waals surface area (Å²) >= 11 is 0. The molecule has 1 aliphatic rings. The molecular formula is C22H23FN4O2. The van der Waals surface area contributed by atoms with E-state index >= 15 is 0 Å². The number of aromatic nitrogens is 2. The topological polar surface area (TPSA) is 73.4 Å². The lowest BCUT2D eigenvalue weighted by atomic mass is 9.74. The molecule has 0 radical (unpaired) electrons. The number of methoxy groups -OCH3 is 1. The smallest absolute Gasteiger partial charge is 0.226 e. The molecule has 2 aromatic carbocycles. The maximum absolute atomic E-state index is 14.0. The van der Waals surface area contributed by atoms with Crippen LogP contribution in [-0.4, -0.2) is 40.8 Å². The Bertz CT molecular complexity index is 1030. The first-order valence-corrected chi connectivity index (χ1v) is 9.43. The fourth-order valence-electron chi connectivity index (χ4n) is 3.93. The van der Waals surface area contributed by atoms with Crippen LogP contribution in [-0.2, 0) is 17.8 Å². The van der Waals surface area contributed by atoms with Gasteiger partial charge in [0.1, 0.15) is 17.3 Å². The first-order valence-electron chi connectivity index (χ1n) is 9.43. The summed E-state index contributed by atoms with van der Waals surface area (Å²) in [6.07, 6.45) is 4.05. The SMILES string of the molecule is COc1ccccc1-n1cc(CN2CC(Cc3ccccc3F)(C(N)=O)C2)cn1. The van der Waals surface area contributed by atoms with E-state index in [1.807, 2.05) is 30.5 Å². The second kappa shape index (κ2) is 7.67. The van der Waals surface area contributed by atoms with Crippen molar-refractivity contribution in [2.24, 2.45) is 11.1 Å². The highest BCUT2D eigenvalue weighted by Gasteiger charge is 2.48. The quantitative estimate of drug-likeness (QED) is 0.668. The molecule has 0 saturated carbocycles. The molecule has 0 atom stereocenters. The summed E-state index contributed by atoms with van der Waals surface area (Å²) in [6.45, 7) is 1.63. The van der Waals surface area contributed by atoms with E-state index < -0.39 is 5.41 Å². The van der Waals surface area contributed by atoms with E-state index in [-0.39, 0.29) is 11.7 Å². The number of carbonyl (C=O) groups is 1. The van der Waals surface area contributed by atoms with Crippen molar-refractivity contribution in [3.8, 4) is 11.4 Å². The summed E-state index contributed by atoms with van der Waals surface area (Å²) in [5.74, 6) is 0.0510. The lowest BCUT2D eigenvalue weighted by molar-refractivity contribution is -0.138. The molecule has 150 valence electrons. The predicted molar refractivity (Wildman–Crippen MR) is 107 cm³/mol. The summed E-state index contributed by atoms with van der Waals surface area (Å²) in [5, 5.41) is 4.43. The molecule has 1 aliphatic heterocycles. The van der Waals surface area contributed by atoms with Gasteiger partial charge in [0.2, 0.25) is 5.91 Å². The molecule has 0 aliphatic carbocycles. The van der Waals surface area contributed by atoms with Crippen molar-refractivity contribution in [1.82, 2.24) is 14.7 Å². The highest BCUT2D eigenvalue weighted by atomic mass is 19.1. The Hall–Kier alpha value is -3.19. The number of nitrogens with two attached hydrogens (primary N) is 1. The summed E-state index contributed by atoms with van der Waals surface area (Å²) in [7, 11) is 1.63. The van der Waals surface area contributed by atoms with Crippen molar-refractivity contribution in [1.29, 1.82) is 0 Å². The van der Waals surface area contributed by atoms with Gasteiger partial charge in [0.15, 0.2) is 0 Å². The minimum absolute atomic E-state index is 0.301. The van der Waals surface area contributed by atoms with Crippen LogP contribution in [0, 0.1) is 11.2 Å². The van der Waals surface area contributed by atoms with Gasteiger partial charge in [-0.3, -0.25) is 9.69 Å². The summed E-state index contributed by atoms with van der Waals surface area (Å²) in [6, 6.07) is 14.2. The van der Waals surface area contributed by atoms with Crippen LogP contribution in [0.1, 0.15) is 11.1 Å². The second-order valence-electron chi connectivity index (χ2n) is 7.52. The number of para-hydroxylation sites is 2. The average Bonchev–Trinajstić information content (AvgIpc) is 3.16. The number of nitrogens with zero attached hydrogens (tertiary/aromatic N) is 3. The molecule has 7 heteroatoms. The van der Waals surface area contributed by atoms with Crippen LogP contribution in [0.5, 0.6) is 5.75 Å². The highest BCUT2D eigenvalue weighted by molar-refractivity contribution is 5.83. The van der Waals surface area contributed by atoms with Crippen molar-refractivity contribution < 1.29 is 13.9 Å². The zero-order valence-electron chi connectivity index (χ0n) is 16.2. The second-order valence-corrected chi connectivity index (χ2v) is 7.52. The number of likely N-dealkylation sites (tertiary alicyclic amines) is 1. The number of primary amides is 1. The van der Waals surface area contributed by atoms with Crippen LogP contribution >= 0.6 is 0 Å². The molecule has 1 saturated heterocycles. The van der Waals surface area contributed by atoms with Crippen molar-refractivity contribution >= 4 is 5.91 Å². The summed E-state index contributed by atoms with van der Waals surface area (Å²) < 4.78 is 21.2. The number of halogens is 1. The van der Waals surface area contributed by atoms with Crippen LogP contribution in [0.25, 0.3) is 5.69 Å². The number of benzene rings is 2. The van der Waals surface area contributed by atoms with Gasteiger partial charge < -0.3 is 10.5 Å². The largest absolute Gasteiger partial charge is 0.494 e. The molecule has 0 unspecified atom stereocenters. The van der Waals surface area contributed by atoms with E-state index in [1.165, 1.54) is 6.07 Å². The molecule has 1 fully saturated rings. The van der Waals surface area contributed by atoms with Crippen LogP contribution in [0.2, 0.25) is 0 Å². The van der Waals surface area contributed by atoms with E-state index in [0.29, 0.717) is 31.6 Å². The van der Waals surface area contributed by atoms with Crippen molar-refractivity contribution in [2.45, 2.75) is 13.0 Å². The Kier molecular flexibility index (Phi) is 5.07. The zero-order valence-corrected chi connectivity index (χ0v) is 16.2. The van der Waals surface area contributed by atoms with Crippen molar-refractivity contribution in [3.05, 3.63) is 77.9 Å². The zero-order chi connectivity index (χ0) is 20.4. The third kappa shape index (κ3) is 3.73. The molecule has 4 rings (SSSR count). The Morgan fingerprint density at radius 1 is 1.21 bits per heavy atom. The fraction of sp³-hybridized carbons (Fsp3) is 0.273. The van der Waals surface area contributed by atoms with Crippen LogP contribution < -0.4 is 10.5 Å². The summed E-state index contributed by atoms with van der Waals surface area (Å²) in [4.78, 5) is 14.2.